The smallest absolute Gasteiger partial charge is 0.166 e. The van der Waals surface area contributed by atoms with Crippen LogP contribution in [0.25, 0.3) is 5.57 Å². The summed E-state index contributed by atoms with van der Waals surface area (Å²) in [6.45, 7) is 5.06. The molecule has 0 aliphatic rings. The highest BCUT2D eigenvalue weighted by molar-refractivity contribution is 5.67. The number of allylic oxidation sites excluding steroid dienone is 1. The van der Waals surface area contributed by atoms with Crippen molar-refractivity contribution in [2.75, 3.05) is 0 Å². The molecule has 0 aromatic heterocycles. The van der Waals surface area contributed by atoms with E-state index in [1.807, 2.05) is 13.0 Å². The summed E-state index contributed by atoms with van der Waals surface area (Å²) in [6.07, 6.45) is -2.63. The Labute approximate surface area is 87.4 Å². The molecule has 15 heavy (non-hydrogen) atoms. The molecule has 0 saturated heterocycles. The minimum atomic E-state index is -4.34. The summed E-state index contributed by atoms with van der Waals surface area (Å²) in [6, 6.07) is 6.46. The average molecular weight is 214 g/mol. The van der Waals surface area contributed by atoms with Crippen molar-refractivity contribution in [2.24, 2.45) is 0 Å². The quantitative estimate of drug-likeness (QED) is 0.706. The number of alkyl halides is 3. The number of hydrogen-bond acceptors (Lipinski definition) is 0. The normalized spacial score (nSPS) is 11.5. The third-order valence-electron chi connectivity index (χ3n) is 2.16. The summed E-state index contributed by atoms with van der Waals surface area (Å²) in [5, 5.41) is 0. The summed E-state index contributed by atoms with van der Waals surface area (Å²) in [4.78, 5) is 0. The van der Waals surface area contributed by atoms with Crippen LogP contribution < -0.4 is 0 Å². The van der Waals surface area contributed by atoms with Crippen molar-refractivity contribution in [3.05, 3.63) is 42.0 Å². The molecule has 3 heteroatoms. The van der Waals surface area contributed by atoms with E-state index in [4.69, 9.17) is 0 Å². The topological polar surface area (TPSA) is 0 Å². The van der Waals surface area contributed by atoms with Gasteiger partial charge in [-0.3, -0.25) is 0 Å². The molecular formula is C12H13F3. The van der Waals surface area contributed by atoms with Crippen molar-refractivity contribution in [2.45, 2.75) is 25.9 Å². The fraction of sp³-hybridized carbons (Fsp3) is 0.333. The van der Waals surface area contributed by atoms with Gasteiger partial charge in [-0.15, -0.1) is 0 Å². The lowest BCUT2D eigenvalue weighted by atomic mass is 10.0. The summed E-state index contributed by atoms with van der Waals surface area (Å²) < 4.78 is 37.1. The zero-order valence-corrected chi connectivity index (χ0v) is 8.56. The van der Waals surface area contributed by atoms with E-state index in [1.165, 1.54) is 6.07 Å². The van der Waals surface area contributed by atoms with Crippen LogP contribution >= 0.6 is 0 Å². The fourth-order valence-corrected chi connectivity index (χ4v) is 1.37. The Balaban J connectivity index is 2.95. The molecule has 82 valence electrons. The number of benzene rings is 1. The fourth-order valence-electron chi connectivity index (χ4n) is 1.37. The molecule has 0 fully saturated rings. The SMILES string of the molecule is C=C(c1cccc(CCC)c1)C(F)(F)F. The molecule has 1 rings (SSSR count). The van der Waals surface area contributed by atoms with Gasteiger partial charge in [-0.1, -0.05) is 44.2 Å². The summed E-state index contributed by atoms with van der Waals surface area (Å²) in [7, 11) is 0. The van der Waals surface area contributed by atoms with Crippen molar-refractivity contribution in [1.82, 2.24) is 0 Å². The molecule has 0 amide bonds. The number of rotatable bonds is 3. The highest BCUT2D eigenvalue weighted by Crippen LogP contribution is 2.32. The van der Waals surface area contributed by atoms with Crippen molar-refractivity contribution in [1.29, 1.82) is 0 Å². The maximum absolute atomic E-state index is 12.4. The molecule has 1 aromatic carbocycles. The van der Waals surface area contributed by atoms with E-state index in [-0.39, 0.29) is 5.56 Å². The molecule has 0 aliphatic heterocycles. The predicted octanol–water partition coefficient (Wildman–Crippen LogP) is 4.21. The third-order valence-corrected chi connectivity index (χ3v) is 2.16. The number of aryl methyl sites for hydroxylation is 1. The van der Waals surface area contributed by atoms with Crippen LogP contribution in [-0.4, -0.2) is 6.18 Å². The molecule has 0 bridgehead atoms. The molecule has 1 aromatic rings. The van der Waals surface area contributed by atoms with E-state index in [0.717, 1.165) is 18.4 Å². The first-order valence-corrected chi connectivity index (χ1v) is 4.80. The Morgan fingerprint density at radius 2 is 2.00 bits per heavy atom. The molecule has 0 N–H and O–H groups in total. The van der Waals surface area contributed by atoms with E-state index < -0.39 is 11.7 Å². The lowest BCUT2D eigenvalue weighted by Crippen LogP contribution is -2.09. The standard InChI is InChI=1S/C12H13F3/c1-3-5-10-6-4-7-11(8-10)9(2)12(13,14)15/h4,6-8H,2-3,5H2,1H3. The predicted molar refractivity (Wildman–Crippen MR) is 55.5 cm³/mol. The first-order chi connectivity index (χ1) is 6.95. The maximum atomic E-state index is 12.4. The van der Waals surface area contributed by atoms with Crippen LogP contribution in [0.5, 0.6) is 0 Å². The Hall–Kier alpha value is -1.25. The van der Waals surface area contributed by atoms with Gasteiger partial charge >= 0.3 is 6.18 Å². The second-order valence-electron chi connectivity index (χ2n) is 3.43. The van der Waals surface area contributed by atoms with Crippen LogP contribution in [0.3, 0.4) is 0 Å². The highest BCUT2D eigenvalue weighted by atomic mass is 19.4. The van der Waals surface area contributed by atoms with Crippen LogP contribution in [0, 0.1) is 0 Å². The van der Waals surface area contributed by atoms with Gasteiger partial charge in [0, 0.05) is 0 Å². The summed E-state index contributed by atoms with van der Waals surface area (Å²) >= 11 is 0. The third kappa shape index (κ3) is 3.11. The zero-order valence-electron chi connectivity index (χ0n) is 8.56. The summed E-state index contributed by atoms with van der Waals surface area (Å²) in [5.74, 6) is 0. The monoisotopic (exact) mass is 214 g/mol. The van der Waals surface area contributed by atoms with Crippen molar-refractivity contribution < 1.29 is 13.2 Å². The molecule has 0 heterocycles. The lowest BCUT2D eigenvalue weighted by Gasteiger charge is -2.11. The number of hydrogen-bond donors (Lipinski definition) is 0. The molecule has 0 radical (unpaired) electrons. The Morgan fingerprint density at radius 1 is 1.33 bits per heavy atom. The molecule has 0 aliphatic carbocycles. The van der Waals surface area contributed by atoms with Gasteiger partial charge in [0.05, 0.1) is 5.57 Å². The number of halogens is 3. The van der Waals surface area contributed by atoms with E-state index in [9.17, 15) is 13.2 Å². The first-order valence-electron chi connectivity index (χ1n) is 4.80. The highest BCUT2D eigenvalue weighted by Gasteiger charge is 2.32. The maximum Gasteiger partial charge on any atom is 0.416 e. The molecule has 0 spiro atoms. The van der Waals surface area contributed by atoms with Gasteiger partial charge in [0.2, 0.25) is 0 Å². The van der Waals surface area contributed by atoms with Gasteiger partial charge in [-0.05, 0) is 17.5 Å². The van der Waals surface area contributed by atoms with E-state index >= 15 is 0 Å². The minimum absolute atomic E-state index is 0.161. The van der Waals surface area contributed by atoms with Gasteiger partial charge in [-0.25, -0.2) is 0 Å². The van der Waals surface area contributed by atoms with Crippen LogP contribution in [0.15, 0.2) is 30.8 Å². The second kappa shape index (κ2) is 4.51. The molecule has 0 unspecified atom stereocenters. The molecule has 0 saturated carbocycles. The van der Waals surface area contributed by atoms with E-state index in [2.05, 4.69) is 6.58 Å². The minimum Gasteiger partial charge on any atom is -0.166 e. The van der Waals surface area contributed by atoms with Crippen LogP contribution in [0.2, 0.25) is 0 Å². The van der Waals surface area contributed by atoms with Crippen molar-refractivity contribution >= 4 is 5.57 Å². The van der Waals surface area contributed by atoms with Crippen LogP contribution in [0.4, 0.5) is 13.2 Å². The van der Waals surface area contributed by atoms with Crippen molar-refractivity contribution in [3.8, 4) is 0 Å². The average Bonchev–Trinajstić information content (AvgIpc) is 2.16. The lowest BCUT2D eigenvalue weighted by molar-refractivity contribution is -0.0686. The first kappa shape index (κ1) is 11.8. The Bertz CT molecular complexity index is 350. The van der Waals surface area contributed by atoms with Gasteiger partial charge < -0.3 is 0 Å². The van der Waals surface area contributed by atoms with Gasteiger partial charge in [0.15, 0.2) is 0 Å². The van der Waals surface area contributed by atoms with Crippen LogP contribution in [-0.2, 0) is 6.42 Å². The van der Waals surface area contributed by atoms with E-state index in [0.29, 0.717) is 0 Å². The van der Waals surface area contributed by atoms with Gasteiger partial charge in [0.25, 0.3) is 0 Å². The molecular weight excluding hydrogens is 201 g/mol. The molecule has 0 nitrogen and oxygen atoms in total. The Kier molecular flexibility index (Phi) is 3.56. The summed E-state index contributed by atoms with van der Waals surface area (Å²) in [5.41, 5.74) is 0.300. The largest absolute Gasteiger partial charge is 0.416 e. The Morgan fingerprint density at radius 3 is 2.53 bits per heavy atom. The second-order valence-corrected chi connectivity index (χ2v) is 3.43. The van der Waals surface area contributed by atoms with Crippen LogP contribution in [0.1, 0.15) is 24.5 Å². The molecule has 0 atom stereocenters. The van der Waals surface area contributed by atoms with Gasteiger partial charge in [0.1, 0.15) is 0 Å². The van der Waals surface area contributed by atoms with E-state index in [1.54, 1.807) is 12.1 Å². The van der Waals surface area contributed by atoms with Gasteiger partial charge in [-0.2, -0.15) is 13.2 Å². The zero-order chi connectivity index (χ0) is 11.5. The van der Waals surface area contributed by atoms with Crippen molar-refractivity contribution in [3.63, 3.8) is 0 Å².